The molecule has 1 aromatic heterocycles. The van der Waals surface area contributed by atoms with Crippen LogP contribution in [0.2, 0.25) is 0 Å². The average Bonchev–Trinajstić information content (AvgIpc) is 2.91. The van der Waals surface area contributed by atoms with Crippen molar-refractivity contribution in [1.82, 2.24) is 15.3 Å². The lowest BCUT2D eigenvalue weighted by atomic mass is 9.78. The van der Waals surface area contributed by atoms with Crippen LogP contribution in [-0.2, 0) is 17.6 Å². The van der Waals surface area contributed by atoms with Gasteiger partial charge < -0.3 is 15.4 Å². The minimum Gasteiger partial charge on any atom is -0.383 e. The van der Waals surface area contributed by atoms with Crippen LogP contribution in [0.3, 0.4) is 0 Å². The maximum absolute atomic E-state index is 14.0. The number of hydrogen-bond acceptors (Lipinski definition) is 5. The Morgan fingerprint density at radius 3 is 2.57 bits per heavy atom. The van der Waals surface area contributed by atoms with Gasteiger partial charge >= 0.3 is 0 Å². The van der Waals surface area contributed by atoms with Gasteiger partial charge in [-0.1, -0.05) is 42.5 Å². The normalized spacial score (nSPS) is 13.9. The zero-order chi connectivity index (χ0) is 24.9. The van der Waals surface area contributed by atoms with Crippen LogP contribution in [0, 0.1) is 11.6 Å². The summed E-state index contributed by atoms with van der Waals surface area (Å²) in [7, 11) is 1.70. The molecule has 0 spiro atoms. The minimum atomic E-state index is -0.839. The van der Waals surface area contributed by atoms with Gasteiger partial charge in [-0.25, -0.2) is 18.7 Å². The van der Waals surface area contributed by atoms with Crippen LogP contribution in [-0.4, -0.2) is 36.8 Å². The lowest BCUT2D eigenvalue weighted by molar-refractivity contribution is 0.199. The van der Waals surface area contributed by atoms with Gasteiger partial charge in [0, 0.05) is 37.0 Å². The summed E-state index contributed by atoms with van der Waals surface area (Å²) in [5.41, 5.74) is 6.76. The Kier molecular flexibility index (Phi) is 8.82. The molecule has 0 unspecified atom stereocenters. The molecule has 5 nitrogen and oxygen atoms in total. The van der Waals surface area contributed by atoms with Crippen molar-refractivity contribution >= 4 is 24.0 Å². The average molecular weight is 523 g/mol. The zero-order valence-electron chi connectivity index (χ0n) is 20.5. The molecule has 0 aliphatic heterocycles. The van der Waals surface area contributed by atoms with Crippen molar-refractivity contribution in [2.24, 2.45) is 0 Å². The van der Waals surface area contributed by atoms with Gasteiger partial charge in [-0.3, -0.25) is 0 Å². The van der Waals surface area contributed by atoms with Gasteiger partial charge in [-0.05, 0) is 65.9 Å². The molecule has 37 heavy (non-hydrogen) atoms. The highest BCUT2D eigenvalue weighted by Gasteiger charge is 2.28. The standard InChI is InChI=1S/C29H28F2N4O.ClH/c1-36-15-14-32-13-12-19-6-9-22(10-7-19)34-29-33-18-21-16-25(20-8-11-26(30)27(31)17-20)23-4-2-3-5-24(23)28(21)35-29;/h2-11,17-18,25,32H,12-16H2,1H3,(H,33,34,35);1H/t25-;/m0./s1. The molecule has 0 saturated carbocycles. The molecule has 8 heteroatoms. The predicted octanol–water partition coefficient (Wildman–Crippen LogP) is 6.05. The SMILES string of the molecule is COCCNCCc1ccc(Nc2ncc3c(n2)-c2ccccc2[C@H](c2ccc(F)c(F)c2)C3)cc1.Cl. The molecule has 1 aliphatic carbocycles. The van der Waals surface area contributed by atoms with Crippen molar-refractivity contribution in [2.45, 2.75) is 18.8 Å². The Balaban J connectivity index is 0.00000320. The van der Waals surface area contributed by atoms with Crippen LogP contribution in [0.25, 0.3) is 11.3 Å². The largest absolute Gasteiger partial charge is 0.383 e. The third-order valence-electron chi connectivity index (χ3n) is 6.51. The van der Waals surface area contributed by atoms with Crippen molar-refractivity contribution in [3.05, 3.63) is 107 Å². The van der Waals surface area contributed by atoms with E-state index in [1.807, 2.05) is 42.6 Å². The molecule has 0 bridgehead atoms. The van der Waals surface area contributed by atoms with E-state index < -0.39 is 11.6 Å². The lowest BCUT2D eigenvalue weighted by Crippen LogP contribution is -2.21. The number of benzene rings is 3. The van der Waals surface area contributed by atoms with Crippen LogP contribution in [0.15, 0.2) is 72.9 Å². The summed E-state index contributed by atoms with van der Waals surface area (Å²) in [6.45, 7) is 2.45. The Morgan fingerprint density at radius 2 is 1.78 bits per heavy atom. The number of ether oxygens (including phenoxy) is 1. The summed E-state index contributed by atoms with van der Waals surface area (Å²) in [5.74, 6) is -1.25. The van der Waals surface area contributed by atoms with Crippen molar-refractivity contribution in [1.29, 1.82) is 0 Å². The summed E-state index contributed by atoms with van der Waals surface area (Å²) in [6, 6.07) is 20.4. The van der Waals surface area contributed by atoms with Gasteiger partial charge in [-0.2, -0.15) is 0 Å². The molecular weight excluding hydrogens is 494 g/mol. The number of anilines is 2. The molecule has 0 amide bonds. The number of halogens is 3. The van der Waals surface area contributed by atoms with Crippen molar-refractivity contribution < 1.29 is 13.5 Å². The van der Waals surface area contributed by atoms with Gasteiger partial charge in [-0.15, -0.1) is 12.4 Å². The van der Waals surface area contributed by atoms with E-state index in [-0.39, 0.29) is 18.3 Å². The number of nitrogens with one attached hydrogen (secondary N) is 2. The molecule has 4 aromatic rings. The van der Waals surface area contributed by atoms with E-state index in [9.17, 15) is 8.78 Å². The van der Waals surface area contributed by atoms with Crippen LogP contribution < -0.4 is 10.6 Å². The number of rotatable bonds is 9. The Labute approximate surface area is 221 Å². The van der Waals surface area contributed by atoms with Gasteiger partial charge in [0.15, 0.2) is 11.6 Å². The smallest absolute Gasteiger partial charge is 0.227 e. The van der Waals surface area contributed by atoms with E-state index in [1.165, 1.54) is 17.7 Å². The second kappa shape index (κ2) is 12.2. The fraction of sp³-hybridized carbons (Fsp3) is 0.241. The van der Waals surface area contributed by atoms with Crippen LogP contribution >= 0.6 is 12.4 Å². The summed E-state index contributed by atoms with van der Waals surface area (Å²) in [5, 5.41) is 6.66. The topological polar surface area (TPSA) is 59.1 Å². The van der Waals surface area contributed by atoms with E-state index in [4.69, 9.17) is 9.72 Å². The zero-order valence-corrected chi connectivity index (χ0v) is 21.3. The van der Waals surface area contributed by atoms with Crippen LogP contribution in [0.1, 0.15) is 28.2 Å². The first kappa shape index (κ1) is 26.7. The fourth-order valence-electron chi connectivity index (χ4n) is 4.64. The second-order valence-electron chi connectivity index (χ2n) is 8.90. The highest BCUT2D eigenvalue weighted by molar-refractivity contribution is 5.85. The maximum Gasteiger partial charge on any atom is 0.227 e. The minimum absolute atomic E-state index is 0. The summed E-state index contributed by atoms with van der Waals surface area (Å²) in [4.78, 5) is 9.37. The molecule has 2 N–H and O–H groups in total. The molecule has 192 valence electrons. The first-order valence-corrected chi connectivity index (χ1v) is 12.1. The summed E-state index contributed by atoms with van der Waals surface area (Å²) >= 11 is 0. The first-order chi connectivity index (χ1) is 17.6. The van der Waals surface area contributed by atoms with E-state index in [0.29, 0.717) is 19.0 Å². The molecule has 0 saturated heterocycles. The van der Waals surface area contributed by atoms with Crippen LogP contribution in [0.4, 0.5) is 20.4 Å². The van der Waals surface area contributed by atoms with E-state index in [2.05, 4.69) is 27.8 Å². The fourth-order valence-corrected chi connectivity index (χ4v) is 4.64. The van der Waals surface area contributed by atoms with Gasteiger partial charge in [0.25, 0.3) is 0 Å². The highest BCUT2D eigenvalue weighted by atomic mass is 35.5. The monoisotopic (exact) mass is 522 g/mol. The van der Waals surface area contributed by atoms with E-state index in [0.717, 1.165) is 53.1 Å². The molecule has 3 aromatic carbocycles. The van der Waals surface area contributed by atoms with Gasteiger partial charge in [0.1, 0.15) is 0 Å². The Bertz CT molecular complexity index is 1350. The quantitative estimate of drug-likeness (QED) is 0.262. The summed E-state index contributed by atoms with van der Waals surface area (Å²) in [6.07, 6.45) is 3.38. The molecule has 0 radical (unpaired) electrons. The number of fused-ring (bicyclic) bond motifs is 3. The number of hydrogen-bond donors (Lipinski definition) is 2. The summed E-state index contributed by atoms with van der Waals surface area (Å²) < 4.78 is 32.6. The third-order valence-corrected chi connectivity index (χ3v) is 6.51. The second-order valence-corrected chi connectivity index (χ2v) is 8.90. The van der Waals surface area contributed by atoms with E-state index >= 15 is 0 Å². The molecule has 5 rings (SSSR count). The predicted molar refractivity (Wildman–Crippen MR) is 145 cm³/mol. The third kappa shape index (κ3) is 6.13. The molecule has 1 atom stereocenters. The van der Waals surface area contributed by atoms with Crippen molar-refractivity contribution in [3.8, 4) is 11.3 Å². The van der Waals surface area contributed by atoms with Crippen molar-refractivity contribution in [3.63, 3.8) is 0 Å². The molecule has 1 heterocycles. The number of methoxy groups -OCH3 is 1. The Hall–Kier alpha value is -3.39. The molecular formula is C29H29ClF2N4O. The molecule has 0 fully saturated rings. The first-order valence-electron chi connectivity index (χ1n) is 12.1. The molecule has 1 aliphatic rings. The van der Waals surface area contributed by atoms with Gasteiger partial charge in [0.05, 0.1) is 12.3 Å². The van der Waals surface area contributed by atoms with Crippen molar-refractivity contribution in [2.75, 3.05) is 32.1 Å². The lowest BCUT2D eigenvalue weighted by Gasteiger charge is -2.27. The number of aromatic nitrogens is 2. The van der Waals surface area contributed by atoms with Gasteiger partial charge in [0.2, 0.25) is 5.95 Å². The van der Waals surface area contributed by atoms with E-state index in [1.54, 1.807) is 13.2 Å². The maximum atomic E-state index is 14.0. The van der Waals surface area contributed by atoms with Crippen LogP contribution in [0.5, 0.6) is 0 Å². The number of nitrogens with zero attached hydrogens (tertiary/aromatic N) is 2. The highest BCUT2D eigenvalue weighted by Crippen LogP contribution is 2.42. The Morgan fingerprint density at radius 1 is 0.973 bits per heavy atom.